The normalized spacial score (nSPS) is 19.5. The molecule has 3 nitrogen and oxygen atoms in total. The predicted octanol–water partition coefficient (Wildman–Crippen LogP) is 2.52. The predicted molar refractivity (Wildman–Crippen MR) is 69.7 cm³/mol. The third kappa shape index (κ3) is 3.30. The van der Waals surface area contributed by atoms with Gasteiger partial charge in [0.1, 0.15) is 0 Å². The smallest absolute Gasteiger partial charge is 0.261 e. The molecule has 17 heavy (non-hydrogen) atoms. The fraction of sp³-hybridized carbons (Fsp3) is 0.615. The van der Waals surface area contributed by atoms with Gasteiger partial charge in [-0.3, -0.25) is 4.79 Å². The van der Waals surface area contributed by atoms with Gasteiger partial charge in [0.15, 0.2) is 0 Å². The lowest BCUT2D eigenvalue weighted by atomic mass is 10.1. The molecule has 0 radical (unpaired) electrons. The Morgan fingerprint density at radius 3 is 3.00 bits per heavy atom. The molecule has 1 aromatic heterocycles. The van der Waals surface area contributed by atoms with E-state index in [4.69, 9.17) is 4.74 Å². The third-order valence-electron chi connectivity index (χ3n) is 3.25. The van der Waals surface area contributed by atoms with Crippen LogP contribution in [0.25, 0.3) is 0 Å². The van der Waals surface area contributed by atoms with Gasteiger partial charge < -0.3 is 10.1 Å². The van der Waals surface area contributed by atoms with Crippen molar-refractivity contribution in [3.63, 3.8) is 0 Å². The summed E-state index contributed by atoms with van der Waals surface area (Å²) in [5.41, 5.74) is 1.20. The van der Waals surface area contributed by atoms with Crippen LogP contribution in [0.15, 0.2) is 6.07 Å². The van der Waals surface area contributed by atoms with Gasteiger partial charge in [0.25, 0.3) is 5.91 Å². The Hall–Kier alpha value is -0.870. The lowest BCUT2D eigenvalue weighted by molar-refractivity contribution is 0.0954. The summed E-state index contributed by atoms with van der Waals surface area (Å²) < 4.78 is 5.31. The molecule has 0 saturated carbocycles. The number of nitrogens with one attached hydrogen (secondary N) is 1. The highest BCUT2D eigenvalue weighted by Gasteiger charge is 2.16. The van der Waals surface area contributed by atoms with Gasteiger partial charge in [-0.1, -0.05) is 0 Å². The van der Waals surface area contributed by atoms with Crippen LogP contribution in [0.3, 0.4) is 0 Å². The summed E-state index contributed by atoms with van der Waals surface area (Å²) >= 11 is 1.57. The zero-order valence-corrected chi connectivity index (χ0v) is 11.2. The van der Waals surface area contributed by atoms with Gasteiger partial charge in [0.05, 0.1) is 4.88 Å². The number of ether oxygens (including phenoxy) is 1. The SMILES string of the molecule is Cc1cc(C(=O)NCCC2CCOC2)sc1C. The topological polar surface area (TPSA) is 38.3 Å². The van der Waals surface area contributed by atoms with Crippen molar-refractivity contribution in [3.8, 4) is 0 Å². The fourth-order valence-corrected chi connectivity index (χ4v) is 2.92. The van der Waals surface area contributed by atoms with E-state index >= 15 is 0 Å². The van der Waals surface area contributed by atoms with Crippen LogP contribution in [0.5, 0.6) is 0 Å². The van der Waals surface area contributed by atoms with Gasteiger partial charge in [-0.2, -0.15) is 0 Å². The van der Waals surface area contributed by atoms with Crippen LogP contribution in [0, 0.1) is 19.8 Å². The van der Waals surface area contributed by atoms with Crippen molar-refractivity contribution in [3.05, 3.63) is 21.4 Å². The van der Waals surface area contributed by atoms with Crippen LogP contribution in [0.1, 0.15) is 33.0 Å². The second-order valence-corrected chi connectivity index (χ2v) is 5.88. The molecule has 0 bridgehead atoms. The maximum absolute atomic E-state index is 11.9. The number of thiophene rings is 1. The first-order valence-electron chi connectivity index (χ1n) is 6.10. The zero-order chi connectivity index (χ0) is 12.3. The number of hydrogen-bond donors (Lipinski definition) is 1. The lowest BCUT2D eigenvalue weighted by Gasteiger charge is -2.07. The van der Waals surface area contributed by atoms with Gasteiger partial charge in [-0.15, -0.1) is 11.3 Å². The van der Waals surface area contributed by atoms with E-state index in [9.17, 15) is 4.79 Å². The molecule has 2 rings (SSSR count). The molecule has 0 aliphatic carbocycles. The second-order valence-electron chi connectivity index (χ2n) is 4.62. The van der Waals surface area contributed by atoms with Gasteiger partial charge in [-0.05, 0) is 44.2 Å². The van der Waals surface area contributed by atoms with Crippen LogP contribution >= 0.6 is 11.3 Å². The van der Waals surface area contributed by atoms with Gasteiger partial charge in [0, 0.05) is 24.6 Å². The molecule has 1 atom stereocenters. The van der Waals surface area contributed by atoms with E-state index in [0.717, 1.165) is 37.5 Å². The number of aryl methyl sites for hydroxylation is 2. The molecular weight excluding hydrogens is 234 g/mol. The molecule has 1 aliphatic heterocycles. The van der Waals surface area contributed by atoms with Crippen molar-refractivity contribution in [1.82, 2.24) is 5.32 Å². The molecule has 1 unspecified atom stereocenters. The Bertz CT molecular complexity index is 375. The molecule has 1 saturated heterocycles. The summed E-state index contributed by atoms with van der Waals surface area (Å²) in [7, 11) is 0. The summed E-state index contributed by atoms with van der Waals surface area (Å²) in [6.07, 6.45) is 2.15. The van der Waals surface area contributed by atoms with E-state index in [-0.39, 0.29) is 5.91 Å². The standard InChI is InChI=1S/C13H19NO2S/c1-9-7-12(17-10(9)2)13(15)14-5-3-11-4-6-16-8-11/h7,11H,3-6,8H2,1-2H3,(H,14,15). The summed E-state index contributed by atoms with van der Waals surface area (Å²) in [5, 5.41) is 2.98. The van der Waals surface area contributed by atoms with E-state index in [0.29, 0.717) is 5.92 Å². The van der Waals surface area contributed by atoms with Crippen molar-refractivity contribution in [2.24, 2.45) is 5.92 Å². The largest absolute Gasteiger partial charge is 0.381 e. The van der Waals surface area contributed by atoms with Crippen LogP contribution in [-0.4, -0.2) is 25.7 Å². The number of carbonyl (C=O) groups is 1. The molecule has 0 spiro atoms. The minimum Gasteiger partial charge on any atom is -0.381 e. The van der Waals surface area contributed by atoms with Crippen molar-refractivity contribution < 1.29 is 9.53 Å². The summed E-state index contributed by atoms with van der Waals surface area (Å²) in [6.45, 7) is 6.57. The van der Waals surface area contributed by atoms with E-state index in [2.05, 4.69) is 5.32 Å². The van der Waals surface area contributed by atoms with Crippen LogP contribution in [-0.2, 0) is 4.74 Å². The lowest BCUT2D eigenvalue weighted by Crippen LogP contribution is -2.25. The van der Waals surface area contributed by atoms with Crippen molar-refractivity contribution in [1.29, 1.82) is 0 Å². The number of hydrogen-bond acceptors (Lipinski definition) is 3. The molecule has 1 N–H and O–H groups in total. The van der Waals surface area contributed by atoms with Crippen molar-refractivity contribution in [2.45, 2.75) is 26.7 Å². The highest BCUT2D eigenvalue weighted by Crippen LogP contribution is 2.20. The van der Waals surface area contributed by atoms with Gasteiger partial charge in [0.2, 0.25) is 0 Å². The highest BCUT2D eigenvalue weighted by atomic mass is 32.1. The Morgan fingerprint density at radius 2 is 2.41 bits per heavy atom. The van der Waals surface area contributed by atoms with Crippen LogP contribution in [0.2, 0.25) is 0 Å². The molecule has 94 valence electrons. The molecular formula is C13H19NO2S. The Morgan fingerprint density at radius 1 is 1.59 bits per heavy atom. The zero-order valence-electron chi connectivity index (χ0n) is 10.4. The summed E-state index contributed by atoms with van der Waals surface area (Å²) in [5.74, 6) is 0.687. The molecule has 4 heteroatoms. The minimum absolute atomic E-state index is 0.0603. The van der Waals surface area contributed by atoms with Crippen LogP contribution < -0.4 is 5.32 Å². The summed E-state index contributed by atoms with van der Waals surface area (Å²) in [6, 6.07) is 1.97. The average Bonchev–Trinajstić information content (AvgIpc) is 2.90. The first-order valence-corrected chi connectivity index (χ1v) is 6.91. The number of rotatable bonds is 4. The van der Waals surface area contributed by atoms with E-state index < -0.39 is 0 Å². The van der Waals surface area contributed by atoms with Gasteiger partial charge in [-0.25, -0.2) is 0 Å². The summed E-state index contributed by atoms with van der Waals surface area (Å²) in [4.78, 5) is 13.9. The highest BCUT2D eigenvalue weighted by molar-refractivity contribution is 7.14. The Balaban J connectivity index is 1.76. The Kier molecular flexibility index (Phi) is 4.18. The maximum Gasteiger partial charge on any atom is 0.261 e. The van der Waals surface area contributed by atoms with Crippen molar-refractivity contribution >= 4 is 17.2 Å². The third-order valence-corrected chi connectivity index (χ3v) is 4.40. The van der Waals surface area contributed by atoms with Gasteiger partial charge >= 0.3 is 0 Å². The van der Waals surface area contributed by atoms with E-state index in [1.165, 1.54) is 10.4 Å². The molecule has 1 fully saturated rings. The Labute approximate surface area is 106 Å². The molecule has 1 amide bonds. The minimum atomic E-state index is 0.0603. The second kappa shape index (κ2) is 5.65. The monoisotopic (exact) mass is 253 g/mol. The maximum atomic E-state index is 11.9. The van der Waals surface area contributed by atoms with Crippen molar-refractivity contribution in [2.75, 3.05) is 19.8 Å². The molecule has 1 aromatic rings. The van der Waals surface area contributed by atoms with E-state index in [1.54, 1.807) is 11.3 Å². The first-order chi connectivity index (χ1) is 8.16. The molecule has 1 aliphatic rings. The molecule has 2 heterocycles. The quantitative estimate of drug-likeness (QED) is 0.895. The first kappa shape index (κ1) is 12.6. The number of carbonyl (C=O) groups excluding carboxylic acids is 1. The fourth-order valence-electron chi connectivity index (χ4n) is 1.97. The molecule has 0 aromatic carbocycles. The number of amides is 1. The van der Waals surface area contributed by atoms with E-state index in [1.807, 2.05) is 19.9 Å². The average molecular weight is 253 g/mol. The van der Waals surface area contributed by atoms with Crippen LogP contribution in [0.4, 0.5) is 0 Å².